The van der Waals surface area contributed by atoms with Crippen LogP contribution in [-0.2, 0) is 9.47 Å². The van der Waals surface area contributed by atoms with Crippen molar-refractivity contribution in [3.63, 3.8) is 0 Å². The maximum absolute atomic E-state index is 11.9. The van der Waals surface area contributed by atoms with Crippen LogP contribution in [0.2, 0.25) is 5.02 Å². The van der Waals surface area contributed by atoms with Gasteiger partial charge in [0, 0.05) is 30.3 Å². The summed E-state index contributed by atoms with van der Waals surface area (Å²) >= 11 is 9.12. The number of halogens is 2. The Labute approximate surface area is 120 Å². The van der Waals surface area contributed by atoms with E-state index in [0.717, 1.165) is 0 Å². The molecule has 0 aliphatic carbocycles. The molecule has 0 bridgehead atoms. The average molecular weight is 337 g/mol. The van der Waals surface area contributed by atoms with Crippen LogP contribution in [0.15, 0.2) is 22.7 Å². The van der Waals surface area contributed by atoms with E-state index in [1.807, 2.05) is 0 Å². The number of hydrogen-bond acceptors (Lipinski definition) is 3. The number of amides is 1. The number of carbonyl (C=O) groups excluding carboxylic acids is 1. The van der Waals surface area contributed by atoms with Gasteiger partial charge in [-0.1, -0.05) is 11.6 Å². The van der Waals surface area contributed by atoms with Crippen LogP contribution in [0.25, 0.3) is 0 Å². The first-order valence-corrected chi connectivity index (χ1v) is 6.50. The van der Waals surface area contributed by atoms with Crippen molar-refractivity contribution < 1.29 is 14.3 Å². The minimum absolute atomic E-state index is 0.162. The van der Waals surface area contributed by atoms with Gasteiger partial charge >= 0.3 is 0 Å². The second kappa shape index (κ2) is 7.74. The molecule has 100 valence electrons. The van der Waals surface area contributed by atoms with Crippen LogP contribution in [0.5, 0.6) is 0 Å². The summed E-state index contributed by atoms with van der Waals surface area (Å²) in [6.07, 6.45) is -0.162. The van der Waals surface area contributed by atoms with Crippen LogP contribution in [0.3, 0.4) is 0 Å². The maximum Gasteiger partial charge on any atom is 0.252 e. The van der Waals surface area contributed by atoms with Gasteiger partial charge in [0.2, 0.25) is 0 Å². The van der Waals surface area contributed by atoms with Gasteiger partial charge in [-0.2, -0.15) is 0 Å². The fourth-order valence-corrected chi connectivity index (χ4v) is 2.23. The lowest BCUT2D eigenvalue weighted by molar-refractivity contribution is 0.0285. The van der Waals surface area contributed by atoms with Crippen molar-refractivity contribution in [1.82, 2.24) is 5.32 Å². The summed E-state index contributed by atoms with van der Waals surface area (Å²) in [5.41, 5.74) is 0.534. The molecule has 0 aliphatic heterocycles. The molecule has 1 aromatic rings. The van der Waals surface area contributed by atoms with Crippen molar-refractivity contribution in [2.45, 2.75) is 6.10 Å². The Balaban J connectivity index is 2.59. The highest BCUT2D eigenvalue weighted by atomic mass is 79.9. The Hall–Kier alpha value is -0.620. The molecule has 1 N–H and O–H groups in total. The van der Waals surface area contributed by atoms with Gasteiger partial charge in [0.1, 0.15) is 0 Å². The zero-order chi connectivity index (χ0) is 13.5. The minimum Gasteiger partial charge on any atom is -0.382 e. The molecule has 1 rings (SSSR count). The van der Waals surface area contributed by atoms with E-state index >= 15 is 0 Å². The largest absolute Gasteiger partial charge is 0.382 e. The van der Waals surface area contributed by atoms with Gasteiger partial charge in [-0.05, 0) is 34.1 Å². The highest BCUT2D eigenvalue weighted by Crippen LogP contribution is 2.21. The Bertz CT molecular complexity index is 414. The molecular weight excluding hydrogens is 321 g/mol. The molecule has 18 heavy (non-hydrogen) atoms. The third-order valence-electron chi connectivity index (χ3n) is 2.35. The molecule has 0 fully saturated rings. The van der Waals surface area contributed by atoms with E-state index in [9.17, 15) is 4.79 Å². The first-order chi connectivity index (χ1) is 8.58. The second-order valence-electron chi connectivity index (χ2n) is 3.65. The normalized spacial score (nSPS) is 12.2. The van der Waals surface area contributed by atoms with Gasteiger partial charge in [0.15, 0.2) is 0 Å². The predicted molar refractivity (Wildman–Crippen MR) is 74.2 cm³/mol. The Morgan fingerprint density at radius 2 is 2.22 bits per heavy atom. The summed E-state index contributed by atoms with van der Waals surface area (Å²) in [5.74, 6) is -0.184. The summed E-state index contributed by atoms with van der Waals surface area (Å²) < 4.78 is 10.8. The molecule has 0 radical (unpaired) electrons. The van der Waals surface area contributed by atoms with Crippen molar-refractivity contribution in [3.8, 4) is 0 Å². The van der Waals surface area contributed by atoms with Crippen LogP contribution >= 0.6 is 27.5 Å². The number of carbonyl (C=O) groups is 1. The Morgan fingerprint density at radius 1 is 1.50 bits per heavy atom. The van der Waals surface area contributed by atoms with E-state index in [2.05, 4.69) is 21.2 Å². The predicted octanol–water partition coefficient (Wildman–Crippen LogP) is 2.49. The molecular formula is C12H15BrClNO3. The highest BCUT2D eigenvalue weighted by Gasteiger charge is 2.13. The second-order valence-corrected chi connectivity index (χ2v) is 4.94. The molecule has 6 heteroatoms. The van der Waals surface area contributed by atoms with Gasteiger partial charge in [0.25, 0.3) is 5.91 Å². The van der Waals surface area contributed by atoms with E-state index < -0.39 is 0 Å². The fraction of sp³-hybridized carbons (Fsp3) is 0.417. The van der Waals surface area contributed by atoms with Crippen molar-refractivity contribution in [1.29, 1.82) is 0 Å². The molecule has 0 saturated heterocycles. The number of benzene rings is 1. The monoisotopic (exact) mass is 335 g/mol. The molecule has 0 spiro atoms. The minimum atomic E-state index is -0.184. The zero-order valence-corrected chi connectivity index (χ0v) is 12.5. The highest BCUT2D eigenvalue weighted by molar-refractivity contribution is 9.10. The topological polar surface area (TPSA) is 47.6 Å². The summed E-state index contributed by atoms with van der Waals surface area (Å²) in [7, 11) is 3.16. The number of hydrogen-bond donors (Lipinski definition) is 1. The number of nitrogens with one attached hydrogen (secondary N) is 1. The Kier molecular flexibility index (Phi) is 6.63. The molecule has 1 aromatic carbocycles. The zero-order valence-electron chi connectivity index (χ0n) is 10.2. The molecule has 0 aliphatic rings. The number of rotatable bonds is 6. The lowest BCUT2D eigenvalue weighted by Crippen LogP contribution is -2.35. The molecule has 1 atom stereocenters. The van der Waals surface area contributed by atoms with Crippen LogP contribution in [-0.4, -0.2) is 39.4 Å². The van der Waals surface area contributed by atoms with Gasteiger partial charge in [-0.3, -0.25) is 4.79 Å². The third kappa shape index (κ3) is 4.57. The fourth-order valence-electron chi connectivity index (χ4n) is 1.37. The molecule has 1 unspecified atom stereocenters. The van der Waals surface area contributed by atoms with Crippen molar-refractivity contribution in [3.05, 3.63) is 33.3 Å². The van der Waals surface area contributed by atoms with Gasteiger partial charge in [-0.25, -0.2) is 0 Å². The van der Waals surface area contributed by atoms with Gasteiger partial charge in [0.05, 0.1) is 18.3 Å². The average Bonchev–Trinajstić information content (AvgIpc) is 2.34. The van der Waals surface area contributed by atoms with E-state index in [4.69, 9.17) is 21.1 Å². The maximum atomic E-state index is 11.9. The van der Waals surface area contributed by atoms with Crippen LogP contribution in [0, 0.1) is 0 Å². The molecule has 0 saturated carbocycles. The van der Waals surface area contributed by atoms with Gasteiger partial charge < -0.3 is 14.8 Å². The molecule has 0 heterocycles. The standard InChI is InChI=1S/C12H15BrClNO3/c1-17-7-9(18-2)6-15-12(16)10-4-3-8(14)5-11(10)13/h3-5,9H,6-7H2,1-2H3,(H,15,16). The van der Waals surface area contributed by atoms with E-state index in [0.29, 0.717) is 28.2 Å². The molecule has 0 aromatic heterocycles. The summed E-state index contributed by atoms with van der Waals surface area (Å²) in [5, 5.41) is 3.35. The van der Waals surface area contributed by atoms with Crippen molar-refractivity contribution >= 4 is 33.4 Å². The van der Waals surface area contributed by atoms with Crippen molar-refractivity contribution in [2.24, 2.45) is 0 Å². The third-order valence-corrected chi connectivity index (χ3v) is 3.24. The molecule has 4 nitrogen and oxygen atoms in total. The van der Waals surface area contributed by atoms with Crippen molar-refractivity contribution in [2.75, 3.05) is 27.4 Å². The van der Waals surface area contributed by atoms with E-state index in [1.54, 1.807) is 32.4 Å². The number of ether oxygens (including phenoxy) is 2. The van der Waals surface area contributed by atoms with Gasteiger partial charge in [-0.15, -0.1) is 0 Å². The van der Waals surface area contributed by atoms with E-state index in [-0.39, 0.29) is 12.0 Å². The lowest BCUT2D eigenvalue weighted by atomic mass is 10.2. The first kappa shape index (κ1) is 15.4. The SMILES string of the molecule is COCC(CNC(=O)c1ccc(Cl)cc1Br)OC. The Morgan fingerprint density at radius 3 is 2.78 bits per heavy atom. The quantitative estimate of drug-likeness (QED) is 0.868. The lowest BCUT2D eigenvalue weighted by Gasteiger charge is -2.15. The smallest absolute Gasteiger partial charge is 0.252 e. The van der Waals surface area contributed by atoms with Crippen LogP contribution < -0.4 is 5.32 Å². The molecule has 1 amide bonds. The summed E-state index contributed by atoms with van der Waals surface area (Å²) in [6.45, 7) is 0.816. The van der Waals surface area contributed by atoms with E-state index in [1.165, 1.54) is 0 Å². The summed E-state index contributed by atoms with van der Waals surface area (Å²) in [6, 6.07) is 5.02. The number of methoxy groups -OCH3 is 2. The van der Waals surface area contributed by atoms with Crippen LogP contribution in [0.1, 0.15) is 10.4 Å². The van der Waals surface area contributed by atoms with Crippen LogP contribution in [0.4, 0.5) is 0 Å². The summed E-state index contributed by atoms with van der Waals surface area (Å²) in [4.78, 5) is 11.9. The first-order valence-electron chi connectivity index (χ1n) is 5.33.